The van der Waals surface area contributed by atoms with Crippen molar-refractivity contribution >= 4 is 42.3 Å². The molecule has 4 heterocycles. The highest BCUT2D eigenvalue weighted by Crippen LogP contribution is 2.42. The number of halogens is 2. The average molecular weight is 498 g/mol. The van der Waals surface area contributed by atoms with Crippen molar-refractivity contribution in [1.29, 1.82) is 5.26 Å². The highest BCUT2D eigenvalue weighted by molar-refractivity contribution is 5.85. The molecule has 1 aliphatic heterocycles. The third kappa shape index (κ3) is 5.95. The summed E-state index contributed by atoms with van der Waals surface area (Å²) < 4.78 is 0. The van der Waals surface area contributed by atoms with Crippen LogP contribution < -0.4 is 15.5 Å². The summed E-state index contributed by atoms with van der Waals surface area (Å²) >= 11 is 0. The molecule has 0 amide bonds. The number of rotatable bonds is 6. The first-order chi connectivity index (χ1) is 15.7. The molecule has 1 aliphatic carbocycles. The lowest BCUT2D eigenvalue weighted by atomic mass is 10.1. The van der Waals surface area contributed by atoms with E-state index in [-0.39, 0.29) is 24.8 Å². The summed E-state index contributed by atoms with van der Waals surface area (Å²) in [5.74, 6) is 2.98. The Morgan fingerprint density at radius 3 is 2.41 bits per heavy atom. The van der Waals surface area contributed by atoms with Crippen LogP contribution in [0, 0.1) is 11.3 Å². The van der Waals surface area contributed by atoms with Gasteiger partial charge in [0.25, 0.3) is 0 Å². The second-order valence-electron chi connectivity index (χ2n) is 8.57. The fourth-order valence-corrected chi connectivity index (χ4v) is 4.24. The van der Waals surface area contributed by atoms with E-state index in [9.17, 15) is 0 Å². The molecule has 0 unspecified atom stereocenters. The summed E-state index contributed by atoms with van der Waals surface area (Å²) in [7, 11) is 2.04. The second-order valence-corrected chi connectivity index (χ2v) is 8.57. The maximum atomic E-state index is 9.15. The molecule has 1 saturated carbocycles. The van der Waals surface area contributed by atoms with Gasteiger partial charge in [-0.3, -0.25) is 0 Å². The molecule has 5 rings (SSSR count). The van der Waals surface area contributed by atoms with E-state index in [1.807, 2.05) is 13.2 Å². The van der Waals surface area contributed by atoms with Gasteiger partial charge in [-0.1, -0.05) is 0 Å². The number of pyridine rings is 3. The minimum Gasteiger partial charge on any atom is -0.357 e. The third-order valence-corrected chi connectivity index (χ3v) is 6.31. The number of nitrogens with zero attached hydrogens (tertiary/aromatic N) is 5. The second kappa shape index (κ2) is 11.5. The first-order valence-electron chi connectivity index (χ1n) is 11.3. The third-order valence-electron chi connectivity index (χ3n) is 6.31. The Labute approximate surface area is 212 Å². The van der Waals surface area contributed by atoms with Crippen LogP contribution in [-0.4, -0.2) is 41.1 Å². The smallest absolute Gasteiger partial charge is 0.132 e. The van der Waals surface area contributed by atoms with E-state index >= 15 is 0 Å². The number of piperidine rings is 1. The molecule has 2 N–H and O–H groups in total. The van der Waals surface area contributed by atoms with Gasteiger partial charge in [0.2, 0.25) is 0 Å². The van der Waals surface area contributed by atoms with Gasteiger partial charge in [0, 0.05) is 37.1 Å². The first kappa shape index (κ1) is 25.7. The maximum absolute atomic E-state index is 9.15. The minimum atomic E-state index is 0. The molecular formula is C25H29Cl2N7. The molecule has 3 aromatic heterocycles. The molecule has 1 saturated heterocycles. The summed E-state index contributed by atoms with van der Waals surface area (Å²) in [6.07, 6.45) is 8.27. The molecule has 7 nitrogen and oxygen atoms in total. The van der Waals surface area contributed by atoms with Crippen LogP contribution >= 0.6 is 24.8 Å². The summed E-state index contributed by atoms with van der Waals surface area (Å²) in [6, 6.07) is 14.7. The lowest BCUT2D eigenvalue weighted by Gasteiger charge is -2.32. The molecule has 0 radical (unpaired) electrons. The molecule has 9 heteroatoms. The predicted molar refractivity (Wildman–Crippen MR) is 140 cm³/mol. The summed E-state index contributed by atoms with van der Waals surface area (Å²) in [4.78, 5) is 16.3. The van der Waals surface area contributed by atoms with Crippen LogP contribution in [0.15, 0.2) is 48.8 Å². The van der Waals surface area contributed by atoms with Crippen molar-refractivity contribution in [2.45, 2.75) is 37.6 Å². The summed E-state index contributed by atoms with van der Waals surface area (Å²) in [5, 5.41) is 15.8. The molecule has 3 aromatic rings. The molecule has 0 atom stereocenters. The van der Waals surface area contributed by atoms with Crippen LogP contribution in [0.1, 0.15) is 42.7 Å². The monoisotopic (exact) mass is 497 g/mol. The summed E-state index contributed by atoms with van der Waals surface area (Å²) in [6.45, 7) is 2.05. The number of hydrogen-bond acceptors (Lipinski definition) is 7. The fourth-order valence-electron chi connectivity index (χ4n) is 4.24. The van der Waals surface area contributed by atoms with Crippen molar-refractivity contribution < 1.29 is 0 Å². The Morgan fingerprint density at radius 2 is 1.76 bits per heavy atom. The van der Waals surface area contributed by atoms with E-state index in [1.165, 1.54) is 18.4 Å². The van der Waals surface area contributed by atoms with Crippen molar-refractivity contribution in [3.8, 4) is 17.3 Å². The van der Waals surface area contributed by atoms with Crippen molar-refractivity contribution in [3.05, 3.63) is 59.9 Å². The molecule has 0 bridgehead atoms. The van der Waals surface area contributed by atoms with Crippen LogP contribution in [0.5, 0.6) is 0 Å². The fraction of sp³-hybridized carbons (Fsp3) is 0.360. The van der Waals surface area contributed by atoms with Gasteiger partial charge in [0.15, 0.2) is 0 Å². The van der Waals surface area contributed by atoms with Gasteiger partial charge in [0.1, 0.15) is 17.5 Å². The molecular weight excluding hydrogens is 469 g/mol. The van der Waals surface area contributed by atoms with E-state index in [1.54, 1.807) is 18.3 Å². The average Bonchev–Trinajstić information content (AvgIpc) is 3.70. The Balaban J connectivity index is 0.00000162. The molecule has 34 heavy (non-hydrogen) atoms. The van der Waals surface area contributed by atoms with Gasteiger partial charge in [-0.05, 0) is 80.6 Å². The van der Waals surface area contributed by atoms with Crippen LogP contribution in [0.3, 0.4) is 0 Å². The zero-order valence-electron chi connectivity index (χ0n) is 19.1. The molecule has 0 spiro atoms. The predicted octanol–water partition coefficient (Wildman–Crippen LogP) is 5.06. The number of anilines is 3. The zero-order chi connectivity index (χ0) is 21.9. The van der Waals surface area contributed by atoms with Crippen LogP contribution in [0.25, 0.3) is 11.3 Å². The minimum absolute atomic E-state index is 0. The molecule has 0 aromatic carbocycles. The summed E-state index contributed by atoms with van der Waals surface area (Å²) in [5.41, 5.74) is 3.76. The Morgan fingerprint density at radius 1 is 0.971 bits per heavy atom. The van der Waals surface area contributed by atoms with Crippen LogP contribution in [-0.2, 0) is 0 Å². The number of aromatic nitrogens is 3. The Kier molecular flexibility index (Phi) is 8.67. The molecule has 2 aliphatic rings. The lowest BCUT2D eigenvalue weighted by molar-refractivity contribution is 0.441. The van der Waals surface area contributed by atoms with E-state index in [4.69, 9.17) is 15.2 Å². The largest absolute Gasteiger partial charge is 0.357 e. The van der Waals surface area contributed by atoms with Gasteiger partial charge in [-0.2, -0.15) is 5.26 Å². The van der Waals surface area contributed by atoms with E-state index < -0.39 is 0 Å². The van der Waals surface area contributed by atoms with Crippen LogP contribution in [0.2, 0.25) is 0 Å². The van der Waals surface area contributed by atoms with Gasteiger partial charge < -0.3 is 15.5 Å². The van der Waals surface area contributed by atoms with Gasteiger partial charge in [0.05, 0.1) is 17.3 Å². The Hall–Kier alpha value is -2.92. The van der Waals surface area contributed by atoms with Crippen molar-refractivity contribution in [2.75, 3.05) is 30.4 Å². The quantitative estimate of drug-likeness (QED) is 0.491. The van der Waals surface area contributed by atoms with Crippen LogP contribution in [0.4, 0.5) is 17.5 Å². The SMILES string of the molecule is CNC1CCN(c2ccc(-c3cc(C4CC4)cc(Nc4cc(C#N)ccn4)n3)cn2)CC1.Cl.Cl. The van der Waals surface area contributed by atoms with E-state index in [0.29, 0.717) is 23.3 Å². The highest BCUT2D eigenvalue weighted by atomic mass is 35.5. The number of nitrogens with one attached hydrogen (secondary N) is 2. The zero-order valence-corrected chi connectivity index (χ0v) is 20.7. The van der Waals surface area contributed by atoms with E-state index in [0.717, 1.165) is 48.8 Å². The van der Waals surface area contributed by atoms with Crippen molar-refractivity contribution in [1.82, 2.24) is 20.3 Å². The standard InChI is InChI=1S/C25H27N7.2ClH/c1-27-21-7-10-32(11-8-21)25-5-4-19(16-29-25)22-13-20(18-2-3-18)14-24(30-22)31-23-12-17(15-26)6-9-28-23;;/h4-6,9,12-14,16,18,21,27H,2-3,7-8,10-11H2,1H3,(H,28,30,31);2*1H. The highest BCUT2D eigenvalue weighted by Gasteiger charge is 2.25. The maximum Gasteiger partial charge on any atom is 0.132 e. The van der Waals surface area contributed by atoms with E-state index in [2.05, 4.69) is 50.9 Å². The molecule has 178 valence electrons. The molecule has 2 fully saturated rings. The topological polar surface area (TPSA) is 89.8 Å². The normalized spacial score (nSPS) is 15.6. The number of nitriles is 1. The Bertz CT molecular complexity index is 1130. The van der Waals surface area contributed by atoms with Gasteiger partial charge in [-0.25, -0.2) is 15.0 Å². The van der Waals surface area contributed by atoms with Crippen molar-refractivity contribution in [2.24, 2.45) is 0 Å². The van der Waals surface area contributed by atoms with Gasteiger partial charge in [-0.15, -0.1) is 24.8 Å². The van der Waals surface area contributed by atoms with Crippen molar-refractivity contribution in [3.63, 3.8) is 0 Å². The van der Waals surface area contributed by atoms with Gasteiger partial charge >= 0.3 is 0 Å². The first-order valence-corrected chi connectivity index (χ1v) is 11.3. The number of hydrogen-bond donors (Lipinski definition) is 2. The lowest BCUT2D eigenvalue weighted by Crippen LogP contribution is -2.41.